The van der Waals surface area contributed by atoms with E-state index in [0.29, 0.717) is 40.1 Å². The van der Waals surface area contributed by atoms with E-state index in [9.17, 15) is 4.79 Å². The van der Waals surface area contributed by atoms with Gasteiger partial charge in [-0.15, -0.1) is 5.10 Å². The lowest BCUT2D eigenvalue weighted by Gasteiger charge is -2.29. The van der Waals surface area contributed by atoms with Gasteiger partial charge in [0, 0.05) is 16.8 Å². The molecule has 3 aromatic carbocycles. The number of hydrogen-bond donors (Lipinski definition) is 1. The number of nitrogens with one attached hydrogen (secondary N) is 1. The summed E-state index contributed by atoms with van der Waals surface area (Å²) in [5.41, 5.74) is 3.51. The maximum absolute atomic E-state index is 13.6. The number of aromatic nitrogens is 3. The number of methoxy groups -OCH3 is 2. The van der Waals surface area contributed by atoms with Crippen LogP contribution in [0.2, 0.25) is 0 Å². The zero-order chi connectivity index (χ0) is 25.1. The summed E-state index contributed by atoms with van der Waals surface area (Å²) in [6.07, 6.45) is 0. The average Bonchev–Trinajstić information content (AvgIpc) is 3.35. The Hall–Kier alpha value is -4.59. The van der Waals surface area contributed by atoms with Crippen molar-refractivity contribution in [2.75, 3.05) is 19.5 Å². The number of carbonyl (C=O) groups is 1. The molecule has 0 radical (unpaired) electrons. The van der Waals surface area contributed by atoms with Crippen molar-refractivity contribution in [3.05, 3.63) is 101 Å². The molecule has 0 spiro atoms. The summed E-state index contributed by atoms with van der Waals surface area (Å²) in [6, 6.07) is 24.1. The maximum Gasteiger partial charge on any atom is 0.338 e. The minimum absolute atomic E-state index is 0.151. The summed E-state index contributed by atoms with van der Waals surface area (Å²) in [5.74, 6) is 1.81. The van der Waals surface area contributed by atoms with E-state index in [1.165, 1.54) is 0 Å². The standard InChI is InChI=1S/C28H26N4O4/c1-18-24(27(33)36-17-19-10-6-4-7-11-19)25(22-16-21(34-2)14-15-23(22)35-3)32-28(29-18)30-26(31-32)20-12-8-5-9-13-20/h4-16,25H,17H2,1-3H3,(H,29,30,31). The van der Waals surface area contributed by atoms with Crippen LogP contribution in [0.1, 0.15) is 24.1 Å². The highest BCUT2D eigenvalue weighted by atomic mass is 16.5. The molecule has 36 heavy (non-hydrogen) atoms. The summed E-state index contributed by atoms with van der Waals surface area (Å²) < 4.78 is 18.6. The monoisotopic (exact) mass is 482 g/mol. The first kappa shape index (κ1) is 23.2. The molecule has 1 unspecified atom stereocenters. The van der Waals surface area contributed by atoms with Gasteiger partial charge in [-0.05, 0) is 30.7 Å². The van der Waals surface area contributed by atoms with E-state index < -0.39 is 12.0 Å². The highest BCUT2D eigenvalue weighted by Crippen LogP contribution is 2.41. The lowest BCUT2D eigenvalue weighted by molar-refractivity contribution is -0.140. The first-order valence-corrected chi connectivity index (χ1v) is 11.5. The quantitative estimate of drug-likeness (QED) is 0.371. The second-order valence-corrected chi connectivity index (χ2v) is 8.31. The van der Waals surface area contributed by atoms with Crippen molar-refractivity contribution >= 4 is 11.9 Å². The Kier molecular flexibility index (Phi) is 6.40. The molecule has 1 N–H and O–H groups in total. The molecule has 1 atom stereocenters. The number of anilines is 1. The molecule has 1 aliphatic heterocycles. The van der Waals surface area contributed by atoms with Gasteiger partial charge in [0.05, 0.1) is 19.8 Å². The van der Waals surface area contributed by atoms with E-state index in [-0.39, 0.29) is 6.61 Å². The molecule has 0 saturated carbocycles. The third kappa shape index (κ3) is 4.40. The van der Waals surface area contributed by atoms with Gasteiger partial charge in [-0.3, -0.25) is 0 Å². The minimum atomic E-state index is -0.653. The molecular formula is C28H26N4O4. The van der Waals surface area contributed by atoms with Crippen molar-refractivity contribution in [1.29, 1.82) is 0 Å². The molecule has 0 saturated heterocycles. The molecular weight excluding hydrogens is 456 g/mol. The molecule has 0 bridgehead atoms. The molecule has 1 aliphatic rings. The van der Waals surface area contributed by atoms with Crippen LogP contribution in [-0.4, -0.2) is 35.0 Å². The topological polar surface area (TPSA) is 87.5 Å². The number of nitrogens with zero attached hydrogens (tertiary/aromatic N) is 3. The number of esters is 1. The highest BCUT2D eigenvalue weighted by molar-refractivity contribution is 5.92. The van der Waals surface area contributed by atoms with Crippen LogP contribution >= 0.6 is 0 Å². The third-order valence-electron chi connectivity index (χ3n) is 6.05. The fourth-order valence-corrected chi connectivity index (χ4v) is 4.27. The van der Waals surface area contributed by atoms with Crippen LogP contribution in [0.15, 0.2) is 90.1 Å². The van der Waals surface area contributed by atoms with Gasteiger partial charge in [-0.25, -0.2) is 9.48 Å². The smallest absolute Gasteiger partial charge is 0.338 e. The van der Waals surface area contributed by atoms with Crippen LogP contribution in [0.5, 0.6) is 11.5 Å². The second kappa shape index (κ2) is 9.95. The van der Waals surface area contributed by atoms with Gasteiger partial charge >= 0.3 is 5.97 Å². The van der Waals surface area contributed by atoms with Gasteiger partial charge in [-0.1, -0.05) is 60.7 Å². The highest BCUT2D eigenvalue weighted by Gasteiger charge is 2.37. The van der Waals surface area contributed by atoms with Crippen molar-refractivity contribution in [3.63, 3.8) is 0 Å². The molecule has 8 heteroatoms. The molecule has 4 aromatic rings. The third-order valence-corrected chi connectivity index (χ3v) is 6.05. The largest absolute Gasteiger partial charge is 0.497 e. The summed E-state index contributed by atoms with van der Waals surface area (Å²) in [7, 11) is 3.19. The van der Waals surface area contributed by atoms with Crippen molar-refractivity contribution in [3.8, 4) is 22.9 Å². The first-order chi connectivity index (χ1) is 17.6. The normalized spacial score (nSPS) is 14.6. The van der Waals surface area contributed by atoms with Crippen molar-refractivity contribution in [2.24, 2.45) is 0 Å². The Morgan fingerprint density at radius 2 is 1.69 bits per heavy atom. The van der Waals surface area contributed by atoms with Crippen molar-refractivity contribution in [1.82, 2.24) is 14.8 Å². The van der Waals surface area contributed by atoms with Crippen LogP contribution in [0.25, 0.3) is 11.4 Å². The predicted octanol–water partition coefficient (Wildman–Crippen LogP) is 4.99. The van der Waals surface area contributed by atoms with Crippen LogP contribution in [-0.2, 0) is 16.1 Å². The Morgan fingerprint density at radius 1 is 0.972 bits per heavy atom. The fraction of sp³-hybridized carbons (Fsp3) is 0.179. The predicted molar refractivity (Wildman–Crippen MR) is 136 cm³/mol. The number of fused-ring (bicyclic) bond motifs is 1. The maximum atomic E-state index is 13.6. The number of rotatable bonds is 7. The number of hydrogen-bond acceptors (Lipinski definition) is 7. The van der Waals surface area contributed by atoms with E-state index in [1.807, 2.05) is 85.8 Å². The van der Waals surface area contributed by atoms with Crippen LogP contribution in [0.4, 0.5) is 5.95 Å². The van der Waals surface area contributed by atoms with E-state index in [0.717, 1.165) is 11.1 Å². The lowest BCUT2D eigenvalue weighted by atomic mass is 9.94. The van der Waals surface area contributed by atoms with E-state index >= 15 is 0 Å². The van der Waals surface area contributed by atoms with Gasteiger partial charge in [0.1, 0.15) is 24.1 Å². The van der Waals surface area contributed by atoms with E-state index in [1.54, 1.807) is 18.9 Å². The van der Waals surface area contributed by atoms with Gasteiger partial charge in [0.15, 0.2) is 5.82 Å². The number of allylic oxidation sites excluding steroid dienone is 1. The zero-order valence-electron chi connectivity index (χ0n) is 20.3. The van der Waals surface area contributed by atoms with Gasteiger partial charge in [-0.2, -0.15) is 4.98 Å². The summed E-state index contributed by atoms with van der Waals surface area (Å²) in [4.78, 5) is 18.3. The van der Waals surface area contributed by atoms with E-state index in [2.05, 4.69) is 5.32 Å². The van der Waals surface area contributed by atoms with Crippen LogP contribution in [0.3, 0.4) is 0 Å². The molecule has 8 nitrogen and oxygen atoms in total. The Balaban J connectivity index is 1.61. The molecule has 2 heterocycles. The second-order valence-electron chi connectivity index (χ2n) is 8.31. The molecule has 0 aliphatic carbocycles. The van der Waals surface area contributed by atoms with Gasteiger partial charge in [0.2, 0.25) is 5.95 Å². The summed E-state index contributed by atoms with van der Waals surface area (Å²) in [6.45, 7) is 1.98. The summed E-state index contributed by atoms with van der Waals surface area (Å²) >= 11 is 0. The Bertz CT molecular complexity index is 1410. The first-order valence-electron chi connectivity index (χ1n) is 11.5. The molecule has 1 aromatic heterocycles. The van der Waals surface area contributed by atoms with Crippen LogP contribution in [0, 0.1) is 0 Å². The molecule has 0 fully saturated rings. The zero-order valence-corrected chi connectivity index (χ0v) is 20.3. The number of carbonyl (C=O) groups excluding carboxylic acids is 1. The van der Waals surface area contributed by atoms with Gasteiger partial charge in [0.25, 0.3) is 0 Å². The summed E-state index contributed by atoms with van der Waals surface area (Å²) in [5, 5.41) is 8.04. The SMILES string of the molecule is COc1ccc(OC)c(C2C(C(=O)OCc3ccccc3)=C(C)Nc3nc(-c4ccccc4)nn32)c1. The Labute approximate surface area is 209 Å². The molecule has 0 amide bonds. The average molecular weight is 483 g/mol. The van der Waals surface area contributed by atoms with Crippen molar-refractivity contribution in [2.45, 2.75) is 19.6 Å². The van der Waals surface area contributed by atoms with Crippen molar-refractivity contribution < 1.29 is 19.0 Å². The lowest BCUT2D eigenvalue weighted by Crippen LogP contribution is -2.30. The molecule has 182 valence electrons. The van der Waals surface area contributed by atoms with Gasteiger partial charge < -0.3 is 19.5 Å². The molecule has 5 rings (SSSR count). The number of benzene rings is 3. The van der Waals surface area contributed by atoms with Crippen LogP contribution < -0.4 is 14.8 Å². The van der Waals surface area contributed by atoms with E-state index in [4.69, 9.17) is 24.3 Å². The number of ether oxygens (including phenoxy) is 3. The Morgan fingerprint density at radius 3 is 2.39 bits per heavy atom. The fourth-order valence-electron chi connectivity index (χ4n) is 4.27. The minimum Gasteiger partial charge on any atom is -0.497 e.